The van der Waals surface area contributed by atoms with E-state index in [1.165, 1.54) is 5.56 Å². The van der Waals surface area contributed by atoms with Crippen molar-refractivity contribution >= 4 is 34.9 Å². The third-order valence-electron chi connectivity index (χ3n) is 4.47. The number of halogens is 2. The second kappa shape index (κ2) is 7.98. The summed E-state index contributed by atoms with van der Waals surface area (Å²) in [4.78, 5) is 16.4. The summed E-state index contributed by atoms with van der Waals surface area (Å²) in [6, 6.07) is 13.6. The van der Waals surface area contributed by atoms with Crippen LogP contribution in [0.3, 0.4) is 0 Å². The van der Waals surface area contributed by atoms with E-state index in [0.717, 1.165) is 24.3 Å². The summed E-state index contributed by atoms with van der Waals surface area (Å²) in [5.41, 5.74) is 3.32. The number of nitrogens with one attached hydrogen (secondary N) is 1. The van der Waals surface area contributed by atoms with Crippen LogP contribution in [0.5, 0.6) is 0 Å². The largest absolute Gasteiger partial charge is 0.368 e. The first-order valence-electron chi connectivity index (χ1n) is 8.31. The molecule has 2 aromatic carbocycles. The number of anilines is 1. The molecule has 0 unspecified atom stereocenters. The van der Waals surface area contributed by atoms with Gasteiger partial charge in [-0.3, -0.25) is 0 Å². The fourth-order valence-electron chi connectivity index (χ4n) is 2.98. The van der Waals surface area contributed by atoms with Crippen LogP contribution < -0.4 is 10.2 Å². The van der Waals surface area contributed by atoms with Crippen LogP contribution in [0, 0.1) is 6.92 Å². The van der Waals surface area contributed by atoms with E-state index in [1.807, 2.05) is 35.2 Å². The molecule has 3 rings (SSSR count). The first-order valence-corrected chi connectivity index (χ1v) is 9.07. The molecule has 6 heteroatoms. The van der Waals surface area contributed by atoms with Gasteiger partial charge in [-0.15, -0.1) is 0 Å². The predicted octanol–water partition coefficient (Wildman–Crippen LogP) is 4.33. The lowest BCUT2D eigenvalue weighted by atomic mass is 10.1. The highest BCUT2D eigenvalue weighted by atomic mass is 35.5. The van der Waals surface area contributed by atoms with Gasteiger partial charge >= 0.3 is 6.03 Å². The summed E-state index contributed by atoms with van der Waals surface area (Å²) >= 11 is 12.2. The van der Waals surface area contributed by atoms with Gasteiger partial charge in [0.25, 0.3) is 0 Å². The van der Waals surface area contributed by atoms with Crippen LogP contribution >= 0.6 is 23.2 Å². The Kier molecular flexibility index (Phi) is 5.71. The van der Waals surface area contributed by atoms with Crippen LogP contribution in [0.15, 0.2) is 42.5 Å². The van der Waals surface area contributed by atoms with Gasteiger partial charge in [-0.1, -0.05) is 47.5 Å². The summed E-state index contributed by atoms with van der Waals surface area (Å²) in [6.45, 7) is 5.46. The maximum Gasteiger partial charge on any atom is 0.317 e. The molecule has 0 radical (unpaired) electrons. The molecule has 1 aliphatic heterocycles. The van der Waals surface area contributed by atoms with E-state index < -0.39 is 0 Å². The summed E-state index contributed by atoms with van der Waals surface area (Å²) in [5.74, 6) is 0. The smallest absolute Gasteiger partial charge is 0.317 e. The number of piperazine rings is 1. The third kappa shape index (κ3) is 4.59. The van der Waals surface area contributed by atoms with Crippen molar-refractivity contribution < 1.29 is 4.79 Å². The molecule has 0 saturated carbocycles. The van der Waals surface area contributed by atoms with Gasteiger partial charge in [-0.25, -0.2) is 4.79 Å². The molecule has 2 aromatic rings. The molecule has 132 valence electrons. The Hall–Kier alpha value is -1.91. The van der Waals surface area contributed by atoms with E-state index >= 15 is 0 Å². The number of rotatable bonds is 3. The second-order valence-corrected chi connectivity index (χ2v) is 7.06. The normalized spacial score (nSPS) is 14.5. The van der Waals surface area contributed by atoms with E-state index in [0.29, 0.717) is 29.7 Å². The molecule has 0 spiro atoms. The van der Waals surface area contributed by atoms with Gasteiger partial charge in [0.2, 0.25) is 0 Å². The number of urea groups is 1. The minimum Gasteiger partial charge on any atom is -0.368 e. The molecular weight excluding hydrogens is 357 g/mol. The van der Waals surface area contributed by atoms with Crippen LogP contribution in [0.2, 0.25) is 10.0 Å². The fraction of sp³-hybridized carbons (Fsp3) is 0.316. The van der Waals surface area contributed by atoms with Crippen molar-refractivity contribution in [3.8, 4) is 0 Å². The van der Waals surface area contributed by atoms with Crippen molar-refractivity contribution in [3.05, 3.63) is 63.6 Å². The van der Waals surface area contributed by atoms with Crippen LogP contribution in [0.4, 0.5) is 10.5 Å². The molecule has 1 aliphatic rings. The number of aryl methyl sites for hydroxylation is 1. The number of hydrogen-bond acceptors (Lipinski definition) is 2. The Morgan fingerprint density at radius 2 is 1.68 bits per heavy atom. The van der Waals surface area contributed by atoms with E-state index in [4.69, 9.17) is 23.2 Å². The minimum absolute atomic E-state index is 0.0213. The second-order valence-electron chi connectivity index (χ2n) is 6.19. The van der Waals surface area contributed by atoms with Crippen LogP contribution in [0.25, 0.3) is 0 Å². The van der Waals surface area contributed by atoms with Gasteiger partial charge in [-0.05, 0) is 36.2 Å². The summed E-state index contributed by atoms with van der Waals surface area (Å²) < 4.78 is 0. The van der Waals surface area contributed by atoms with Gasteiger partial charge < -0.3 is 15.1 Å². The quantitative estimate of drug-likeness (QED) is 0.863. The molecule has 2 amide bonds. The first kappa shape index (κ1) is 17.9. The molecule has 0 aliphatic carbocycles. The van der Waals surface area contributed by atoms with E-state index in [1.54, 1.807) is 6.07 Å². The summed E-state index contributed by atoms with van der Waals surface area (Å²) in [6.07, 6.45) is 0. The average Bonchev–Trinajstić information content (AvgIpc) is 2.60. The molecule has 1 fully saturated rings. The Morgan fingerprint density at radius 1 is 1.04 bits per heavy atom. The van der Waals surface area contributed by atoms with Crippen molar-refractivity contribution in [2.45, 2.75) is 13.5 Å². The Morgan fingerprint density at radius 3 is 2.32 bits per heavy atom. The number of carbonyl (C=O) groups is 1. The summed E-state index contributed by atoms with van der Waals surface area (Å²) in [5, 5.41) is 4.26. The van der Waals surface area contributed by atoms with Crippen molar-refractivity contribution in [3.63, 3.8) is 0 Å². The van der Waals surface area contributed by atoms with Crippen LogP contribution in [0.1, 0.15) is 11.1 Å². The van der Waals surface area contributed by atoms with Crippen molar-refractivity contribution in [1.29, 1.82) is 0 Å². The zero-order chi connectivity index (χ0) is 17.8. The molecule has 1 N–H and O–H groups in total. The van der Waals surface area contributed by atoms with E-state index in [-0.39, 0.29) is 6.03 Å². The molecule has 4 nitrogen and oxygen atoms in total. The minimum atomic E-state index is -0.0213. The fourth-order valence-corrected chi connectivity index (χ4v) is 3.50. The van der Waals surface area contributed by atoms with Gasteiger partial charge in [0.15, 0.2) is 0 Å². The first-order chi connectivity index (χ1) is 12.0. The maximum absolute atomic E-state index is 12.4. The average molecular weight is 378 g/mol. The SMILES string of the molecule is Cc1ccccc1CNC(=O)N1CCN(c2cc(Cl)cc(Cl)c2)CC1. The molecule has 1 saturated heterocycles. The lowest BCUT2D eigenvalue weighted by Gasteiger charge is -2.36. The molecule has 0 atom stereocenters. The topological polar surface area (TPSA) is 35.6 Å². The number of carbonyl (C=O) groups excluding carboxylic acids is 1. The zero-order valence-corrected chi connectivity index (χ0v) is 15.6. The number of nitrogens with zero attached hydrogens (tertiary/aromatic N) is 2. The van der Waals surface area contributed by atoms with Gasteiger partial charge in [0, 0.05) is 48.5 Å². The van der Waals surface area contributed by atoms with Gasteiger partial charge in [0.05, 0.1) is 0 Å². The highest BCUT2D eigenvalue weighted by Crippen LogP contribution is 2.26. The Bertz CT molecular complexity index is 738. The highest BCUT2D eigenvalue weighted by Gasteiger charge is 2.21. The third-order valence-corrected chi connectivity index (χ3v) is 4.91. The molecule has 0 bridgehead atoms. The summed E-state index contributed by atoms with van der Waals surface area (Å²) in [7, 11) is 0. The number of amides is 2. The zero-order valence-electron chi connectivity index (χ0n) is 14.1. The molecule has 0 aromatic heterocycles. The molecular formula is C19H21Cl2N3O. The molecule has 25 heavy (non-hydrogen) atoms. The van der Waals surface area contributed by atoms with Crippen molar-refractivity contribution in [2.75, 3.05) is 31.1 Å². The van der Waals surface area contributed by atoms with Crippen molar-refractivity contribution in [2.24, 2.45) is 0 Å². The number of hydrogen-bond donors (Lipinski definition) is 1. The van der Waals surface area contributed by atoms with Crippen molar-refractivity contribution in [1.82, 2.24) is 10.2 Å². The monoisotopic (exact) mass is 377 g/mol. The van der Waals surface area contributed by atoms with Crippen LogP contribution in [-0.4, -0.2) is 37.1 Å². The van der Waals surface area contributed by atoms with E-state index in [9.17, 15) is 4.79 Å². The van der Waals surface area contributed by atoms with Gasteiger partial charge in [0.1, 0.15) is 0 Å². The maximum atomic E-state index is 12.4. The Balaban J connectivity index is 1.53. The van der Waals surface area contributed by atoms with Crippen LogP contribution in [-0.2, 0) is 6.54 Å². The van der Waals surface area contributed by atoms with E-state index in [2.05, 4.69) is 23.2 Å². The molecule has 1 heterocycles. The lowest BCUT2D eigenvalue weighted by Crippen LogP contribution is -2.51. The van der Waals surface area contributed by atoms with Gasteiger partial charge in [-0.2, -0.15) is 0 Å². The predicted molar refractivity (Wildman–Crippen MR) is 104 cm³/mol. The lowest BCUT2D eigenvalue weighted by molar-refractivity contribution is 0.194. The highest BCUT2D eigenvalue weighted by molar-refractivity contribution is 6.35. The Labute approximate surface area is 158 Å². The standard InChI is InChI=1S/C19H21Cl2N3O/c1-14-4-2-3-5-15(14)13-22-19(25)24-8-6-23(7-9-24)18-11-16(20)10-17(21)12-18/h2-5,10-12H,6-9,13H2,1H3,(H,22,25). The number of benzene rings is 2.